The van der Waals surface area contributed by atoms with E-state index in [1.54, 1.807) is 0 Å². The van der Waals surface area contributed by atoms with Gasteiger partial charge in [-0.2, -0.15) is 0 Å². The highest BCUT2D eigenvalue weighted by atomic mass is 32.2. The Balaban J connectivity index is 1.78. The lowest BCUT2D eigenvalue weighted by Crippen LogP contribution is -2.32. The van der Waals surface area contributed by atoms with Crippen molar-refractivity contribution in [2.45, 2.75) is 25.9 Å². The van der Waals surface area contributed by atoms with Gasteiger partial charge in [0.1, 0.15) is 5.65 Å². The monoisotopic (exact) mass is 293 g/mol. The summed E-state index contributed by atoms with van der Waals surface area (Å²) in [6.07, 6.45) is 4.73. The molecule has 3 rings (SSSR count). The summed E-state index contributed by atoms with van der Waals surface area (Å²) in [4.78, 5) is 6.73. The van der Waals surface area contributed by atoms with E-state index in [9.17, 15) is 8.42 Å². The summed E-state index contributed by atoms with van der Waals surface area (Å²) >= 11 is 0. The first-order chi connectivity index (χ1) is 9.44. The maximum absolute atomic E-state index is 11.5. The smallest absolute Gasteiger partial charge is 0.151 e. The van der Waals surface area contributed by atoms with Gasteiger partial charge < -0.3 is 4.40 Å². The van der Waals surface area contributed by atoms with Gasteiger partial charge in [0, 0.05) is 25.0 Å². The van der Waals surface area contributed by atoms with Gasteiger partial charge in [-0.1, -0.05) is 6.07 Å². The normalized spacial score (nSPS) is 21.9. The number of pyridine rings is 1. The van der Waals surface area contributed by atoms with E-state index in [0.29, 0.717) is 12.3 Å². The molecule has 0 amide bonds. The molecule has 0 aromatic carbocycles. The van der Waals surface area contributed by atoms with Gasteiger partial charge in [-0.15, -0.1) is 0 Å². The third-order valence-corrected chi connectivity index (χ3v) is 5.72. The van der Waals surface area contributed by atoms with E-state index in [1.165, 1.54) is 0 Å². The highest BCUT2D eigenvalue weighted by molar-refractivity contribution is 7.91. The van der Waals surface area contributed by atoms with Crippen molar-refractivity contribution < 1.29 is 8.42 Å². The third kappa shape index (κ3) is 2.58. The van der Waals surface area contributed by atoms with Gasteiger partial charge in [0.15, 0.2) is 9.84 Å². The molecule has 1 atom stereocenters. The molecule has 3 heterocycles. The summed E-state index contributed by atoms with van der Waals surface area (Å²) in [5.41, 5.74) is 3.09. The predicted molar refractivity (Wildman–Crippen MR) is 78.5 cm³/mol. The summed E-state index contributed by atoms with van der Waals surface area (Å²) in [5.74, 6) is 0.585. The summed E-state index contributed by atoms with van der Waals surface area (Å²) in [6, 6.07) is 4.16. The van der Waals surface area contributed by atoms with Gasteiger partial charge in [0.05, 0.1) is 17.2 Å². The number of nitrogens with zero attached hydrogens (tertiary/aromatic N) is 3. The number of rotatable bonds is 3. The van der Waals surface area contributed by atoms with E-state index in [0.717, 1.165) is 23.3 Å². The van der Waals surface area contributed by atoms with Crippen LogP contribution in [0.15, 0.2) is 24.5 Å². The van der Waals surface area contributed by atoms with Gasteiger partial charge in [-0.3, -0.25) is 4.90 Å². The topological polar surface area (TPSA) is 54.7 Å². The molecule has 0 aliphatic carbocycles. The van der Waals surface area contributed by atoms with Crippen LogP contribution in [0.25, 0.3) is 5.65 Å². The molecule has 0 radical (unpaired) electrons. The number of aromatic nitrogens is 2. The second kappa shape index (κ2) is 4.86. The fourth-order valence-electron chi connectivity index (χ4n) is 2.79. The lowest BCUT2D eigenvalue weighted by Gasteiger charge is -2.21. The number of hydrogen-bond acceptors (Lipinski definition) is 4. The Kier molecular flexibility index (Phi) is 3.30. The zero-order valence-electron chi connectivity index (χ0n) is 11.8. The predicted octanol–water partition coefficient (Wildman–Crippen LogP) is 1.26. The Morgan fingerprint density at radius 3 is 2.95 bits per heavy atom. The Morgan fingerprint density at radius 1 is 1.50 bits per heavy atom. The van der Waals surface area contributed by atoms with Crippen LogP contribution in [0.5, 0.6) is 0 Å². The molecule has 20 heavy (non-hydrogen) atoms. The Bertz CT molecular complexity index is 736. The molecular weight excluding hydrogens is 274 g/mol. The lowest BCUT2D eigenvalue weighted by atomic mass is 10.2. The highest BCUT2D eigenvalue weighted by Gasteiger charge is 2.30. The average Bonchev–Trinajstić information content (AvgIpc) is 2.93. The van der Waals surface area contributed by atoms with E-state index < -0.39 is 9.84 Å². The van der Waals surface area contributed by atoms with Crippen LogP contribution < -0.4 is 0 Å². The fraction of sp³-hybridized carbons (Fsp3) is 0.500. The van der Waals surface area contributed by atoms with Crippen LogP contribution in [0, 0.1) is 6.92 Å². The first kappa shape index (κ1) is 13.6. The molecule has 1 aliphatic rings. The van der Waals surface area contributed by atoms with Gasteiger partial charge in [0.25, 0.3) is 0 Å². The van der Waals surface area contributed by atoms with Crippen LogP contribution in [0.2, 0.25) is 0 Å². The molecular formula is C14H19N3O2S. The molecule has 1 fully saturated rings. The van der Waals surface area contributed by atoms with E-state index in [-0.39, 0.29) is 11.8 Å². The van der Waals surface area contributed by atoms with Crippen molar-refractivity contribution in [2.75, 3.05) is 18.6 Å². The van der Waals surface area contributed by atoms with E-state index in [4.69, 9.17) is 0 Å². The molecule has 2 aromatic heterocycles. The number of imidazole rings is 1. The van der Waals surface area contributed by atoms with Crippen LogP contribution in [-0.2, 0) is 16.4 Å². The maximum Gasteiger partial charge on any atom is 0.151 e. The van der Waals surface area contributed by atoms with Crippen molar-refractivity contribution in [1.82, 2.24) is 14.3 Å². The highest BCUT2D eigenvalue weighted by Crippen LogP contribution is 2.19. The molecule has 0 bridgehead atoms. The van der Waals surface area contributed by atoms with Gasteiger partial charge in [-0.25, -0.2) is 13.4 Å². The van der Waals surface area contributed by atoms with Crippen molar-refractivity contribution in [1.29, 1.82) is 0 Å². The molecule has 1 aliphatic heterocycles. The number of hydrogen-bond donors (Lipinski definition) is 0. The zero-order valence-corrected chi connectivity index (χ0v) is 12.6. The van der Waals surface area contributed by atoms with Crippen molar-refractivity contribution in [3.8, 4) is 0 Å². The first-order valence-corrected chi connectivity index (χ1v) is 8.60. The summed E-state index contributed by atoms with van der Waals surface area (Å²) < 4.78 is 25.1. The van der Waals surface area contributed by atoms with E-state index in [1.807, 2.05) is 42.9 Å². The standard InChI is InChI=1S/C14H19N3O2S/c1-11-4-3-6-17-9-12(15-14(11)17)8-16(2)13-5-7-20(18,19)10-13/h3-4,6,9,13H,5,7-8,10H2,1-2H3/t13-/m0/s1. The van der Waals surface area contributed by atoms with Crippen molar-refractivity contribution in [2.24, 2.45) is 0 Å². The van der Waals surface area contributed by atoms with Crippen LogP contribution in [-0.4, -0.2) is 47.3 Å². The maximum atomic E-state index is 11.5. The lowest BCUT2D eigenvalue weighted by molar-refractivity contribution is 0.251. The zero-order chi connectivity index (χ0) is 14.3. The van der Waals surface area contributed by atoms with Gasteiger partial charge in [0.2, 0.25) is 0 Å². The Morgan fingerprint density at radius 2 is 2.30 bits per heavy atom. The van der Waals surface area contributed by atoms with E-state index in [2.05, 4.69) is 9.88 Å². The molecule has 0 saturated carbocycles. The minimum absolute atomic E-state index is 0.117. The second-order valence-electron chi connectivity index (χ2n) is 5.63. The number of aryl methyl sites for hydroxylation is 1. The second-order valence-corrected chi connectivity index (χ2v) is 7.86. The fourth-order valence-corrected chi connectivity index (χ4v) is 4.59. The average molecular weight is 293 g/mol. The van der Waals surface area contributed by atoms with Gasteiger partial charge in [-0.05, 0) is 32.0 Å². The Labute approximate surface area is 119 Å². The molecule has 2 aromatic rings. The first-order valence-electron chi connectivity index (χ1n) is 6.78. The Hall–Kier alpha value is -1.40. The molecule has 0 unspecified atom stereocenters. The summed E-state index contributed by atoms with van der Waals surface area (Å²) in [6.45, 7) is 2.72. The van der Waals surface area contributed by atoms with E-state index >= 15 is 0 Å². The van der Waals surface area contributed by atoms with Gasteiger partial charge >= 0.3 is 0 Å². The van der Waals surface area contributed by atoms with Crippen LogP contribution >= 0.6 is 0 Å². The molecule has 5 nitrogen and oxygen atoms in total. The summed E-state index contributed by atoms with van der Waals surface area (Å²) in [7, 11) is -0.857. The van der Waals surface area contributed by atoms with Crippen molar-refractivity contribution >= 4 is 15.5 Å². The van der Waals surface area contributed by atoms with Crippen molar-refractivity contribution in [3.05, 3.63) is 35.8 Å². The molecule has 1 saturated heterocycles. The van der Waals surface area contributed by atoms with Crippen molar-refractivity contribution in [3.63, 3.8) is 0 Å². The quantitative estimate of drug-likeness (QED) is 0.855. The number of sulfone groups is 1. The summed E-state index contributed by atoms with van der Waals surface area (Å²) in [5, 5.41) is 0. The number of fused-ring (bicyclic) bond motifs is 1. The molecule has 0 spiro atoms. The van der Waals surface area contributed by atoms with Crippen LogP contribution in [0.4, 0.5) is 0 Å². The molecule has 0 N–H and O–H groups in total. The molecule has 108 valence electrons. The largest absolute Gasteiger partial charge is 0.307 e. The third-order valence-electron chi connectivity index (χ3n) is 3.97. The van der Waals surface area contributed by atoms with Crippen LogP contribution in [0.3, 0.4) is 0 Å². The minimum Gasteiger partial charge on any atom is -0.307 e. The SMILES string of the molecule is Cc1cccn2cc(CN(C)[C@H]3CCS(=O)(=O)C3)nc12. The molecule has 6 heteroatoms. The minimum atomic E-state index is -2.83. The van der Waals surface area contributed by atoms with Crippen LogP contribution in [0.1, 0.15) is 17.7 Å².